The van der Waals surface area contributed by atoms with Gasteiger partial charge < -0.3 is 4.90 Å². The molecule has 0 aliphatic carbocycles. The molecule has 1 amide bonds. The van der Waals surface area contributed by atoms with E-state index in [1.165, 1.54) is 22.7 Å². The number of rotatable bonds is 3. The van der Waals surface area contributed by atoms with Crippen molar-refractivity contribution in [1.82, 2.24) is 0 Å². The molecular weight excluding hydrogens is 343 g/mol. The molecule has 0 unspecified atom stereocenters. The van der Waals surface area contributed by atoms with Gasteiger partial charge in [0.15, 0.2) is 4.32 Å². The van der Waals surface area contributed by atoms with Crippen molar-refractivity contribution in [2.75, 3.05) is 23.9 Å². The first-order valence-electron chi connectivity index (χ1n) is 7.27. The second-order valence-corrected chi connectivity index (χ2v) is 7.13. The van der Waals surface area contributed by atoms with Crippen molar-refractivity contribution in [3.63, 3.8) is 0 Å². The number of para-hydroxylation sites is 1. The predicted molar refractivity (Wildman–Crippen MR) is 103 cm³/mol. The number of halogens is 1. The van der Waals surface area contributed by atoms with Gasteiger partial charge in [0.1, 0.15) is 5.82 Å². The number of carbonyl (C=O) groups is 1. The Bertz CT molecular complexity index is 831. The highest BCUT2D eigenvalue weighted by Crippen LogP contribution is 2.37. The fraction of sp³-hybridized carbons (Fsp3) is 0.111. The largest absolute Gasteiger partial charge is 0.378 e. The maximum absolute atomic E-state index is 14.0. The zero-order valence-corrected chi connectivity index (χ0v) is 14.8. The van der Waals surface area contributed by atoms with Crippen LogP contribution in [0.5, 0.6) is 0 Å². The molecule has 6 heteroatoms. The van der Waals surface area contributed by atoms with Crippen molar-refractivity contribution in [2.45, 2.75) is 0 Å². The molecule has 1 aliphatic rings. The highest BCUT2D eigenvalue weighted by molar-refractivity contribution is 8.27. The van der Waals surface area contributed by atoms with E-state index in [1.54, 1.807) is 24.3 Å². The number of benzene rings is 2. The molecule has 1 fully saturated rings. The molecule has 122 valence electrons. The van der Waals surface area contributed by atoms with Crippen LogP contribution in [0.3, 0.4) is 0 Å². The van der Waals surface area contributed by atoms with Gasteiger partial charge >= 0.3 is 0 Å². The van der Waals surface area contributed by atoms with Crippen LogP contribution >= 0.6 is 24.0 Å². The standard InChI is InChI=1S/C18H15FN2OS2/c1-20(2)13-9-7-12(8-10-13)11-16-17(22)21(18(23)24-16)15-6-4-3-5-14(15)19/h3-11H,1-2H3/b16-11-. The maximum atomic E-state index is 14.0. The van der Waals surface area contributed by atoms with Gasteiger partial charge in [-0.15, -0.1) is 0 Å². The third-order valence-electron chi connectivity index (χ3n) is 3.59. The van der Waals surface area contributed by atoms with Crippen LogP contribution in [-0.2, 0) is 4.79 Å². The number of thioether (sulfide) groups is 1. The Morgan fingerprint density at radius 3 is 2.42 bits per heavy atom. The van der Waals surface area contributed by atoms with Gasteiger partial charge in [0.25, 0.3) is 5.91 Å². The fourth-order valence-electron chi connectivity index (χ4n) is 2.33. The lowest BCUT2D eigenvalue weighted by atomic mass is 10.2. The third-order valence-corrected chi connectivity index (χ3v) is 4.90. The van der Waals surface area contributed by atoms with E-state index in [-0.39, 0.29) is 11.6 Å². The molecule has 1 aliphatic heterocycles. The van der Waals surface area contributed by atoms with Crippen LogP contribution in [0.1, 0.15) is 5.56 Å². The minimum atomic E-state index is -0.467. The second-order valence-electron chi connectivity index (χ2n) is 5.45. The van der Waals surface area contributed by atoms with Gasteiger partial charge in [-0.1, -0.05) is 48.2 Å². The summed E-state index contributed by atoms with van der Waals surface area (Å²) in [5.41, 5.74) is 2.16. The number of hydrogen-bond acceptors (Lipinski definition) is 4. The number of nitrogens with zero attached hydrogens (tertiary/aromatic N) is 2. The highest BCUT2D eigenvalue weighted by atomic mass is 32.2. The normalized spacial score (nSPS) is 16.1. The summed E-state index contributed by atoms with van der Waals surface area (Å²) in [5, 5.41) is 0. The molecule has 2 aromatic carbocycles. The van der Waals surface area contributed by atoms with E-state index >= 15 is 0 Å². The monoisotopic (exact) mass is 358 g/mol. The van der Waals surface area contributed by atoms with Gasteiger partial charge in [-0.2, -0.15) is 0 Å². The minimum Gasteiger partial charge on any atom is -0.378 e. The summed E-state index contributed by atoms with van der Waals surface area (Å²) >= 11 is 6.44. The smallest absolute Gasteiger partial charge is 0.270 e. The summed E-state index contributed by atoms with van der Waals surface area (Å²) in [4.78, 5) is 16.4. The minimum absolute atomic E-state index is 0.186. The van der Waals surface area contributed by atoms with E-state index in [0.29, 0.717) is 9.23 Å². The van der Waals surface area contributed by atoms with Crippen molar-refractivity contribution >= 4 is 51.7 Å². The van der Waals surface area contributed by atoms with Crippen LogP contribution in [0.4, 0.5) is 15.8 Å². The summed E-state index contributed by atoms with van der Waals surface area (Å²) in [6.45, 7) is 0. The molecule has 1 heterocycles. The lowest BCUT2D eigenvalue weighted by Crippen LogP contribution is -2.28. The first-order chi connectivity index (χ1) is 11.5. The van der Waals surface area contributed by atoms with E-state index < -0.39 is 5.82 Å². The molecule has 2 aromatic rings. The average Bonchev–Trinajstić information content (AvgIpc) is 2.83. The van der Waals surface area contributed by atoms with Gasteiger partial charge in [0.2, 0.25) is 0 Å². The SMILES string of the molecule is CN(C)c1ccc(/C=C2\SC(=S)N(c3ccccc3F)C2=O)cc1. The predicted octanol–water partition coefficient (Wildman–Crippen LogP) is 4.30. The van der Waals surface area contributed by atoms with Gasteiger partial charge in [-0.05, 0) is 35.9 Å². The maximum Gasteiger partial charge on any atom is 0.270 e. The zero-order chi connectivity index (χ0) is 17.3. The third kappa shape index (κ3) is 3.20. The second kappa shape index (κ2) is 6.75. The summed E-state index contributed by atoms with van der Waals surface area (Å²) in [5.74, 6) is -0.767. The molecule has 0 aromatic heterocycles. The van der Waals surface area contributed by atoms with Crippen LogP contribution < -0.4 is 9.80 Å². The summed E-state index contributed by atoms with van der Waals surface area (Å²) in [6.07, 6.45) is 1.78. The van der Waals surface area contributed by atoms with E-state index in [9.17, 15) is 9.18 Å². The Hall–Kier alpha value is -2.18. The van der Waals surface area contributed by atoms with Crippen molar-refractivity contribution < 1.29 is 9.18 Å². The topological polar surface area (TPSA) is 23.6 Å². The lowest BCUT2D eigenvalue weighted by Gasteiger charge is -2.14. The first kappa shape index (κ1) is 16.7. The number of anilines is 2. The molecule has 3 nitrogen and oxygen atoms in total. The Morgan fingerprint density at radius 2 is 1.79 bits per heavy atom. The number of amides is 1. The van der Waals surface area contributed by atoms with Gasteiger partial charge in [0.05, 0.1) is 10.6 Å². The first-order valence-corrected chi connectivity index (χ1v) is 8.50. The highest BCUT2D eigenvalue weighted by Gasteiger charge is 2.34. The van der Waals surface area contributed by atoms with E-state index in [4.69, 9.17) is 12.2 Å². The van der Waals surface area contributed by atoms with Crippen molar-refractivity contribution in [3.05, 3.63) is 64.8 Å². The molecule has 0 N–H and O–H groups in total. The van der Waals surface area contributed by atoms with Crippen molar-refractivity contribution in [1.29, 1.82) is 0 Å². The molecule has 0 radical (unpaired) electrons. The molecule has 3 rings (SSSR count). The van der Waals surface area contributed by atoms with Gasteiger partial charge in [-0.3, -0.25) is 9.69 Å². The molecule has 0 atom stereocenters. The van der Waals surface area contributed by atoms with Crippen LogP contribution in [0.2, 0.25) is 0 Å². The van der Waals surface area contributed by atoms with Crippen molar-refractivity contribution in [2.24, 2.45) is 0 Å². The summed E-state index contributed by atoms with van der Waals surface area (Å²) in [6, 6.07) is 14.0. The Balaban J connectivity index is 1.90. The molecular formula is C18H15FN2OS2. The Kier molecular flexibility index (Phi) is 4.69. The summed E-state index contributed by atoms with van der Waals surface area (Å²) in [7, 11) is 3.93. The Morgan fingerprint density at radius 1 is 1.12 bits per heavy atom. The van der Waals surface area contributed by atoms with Gasteiger partial charge in [0, 0.05) is 19.8 Å². The Labute approximate surface area is 149 Å². The number of thiocarbonyl (C=S) groups is 1. The van der Waals surface area contributed by atoms with E-state index in [1.807, 2.05) is 43.3 Å². The van der Waals surface area contributed by atoms with Crippen LogP contribution in [0.15, 0.2) is 53.4 Å². The van der Waals surface area contributed by atoms with Gasteiger partial charge in [-0.25, -0.2) is 4.39 Å². The quantitative estimate of drug-likeness (QED) is 0.603. The summed E-state index contributed by atoms with van der Waals surface area (Å²) < 4.78 is 14.3. The van der Waals surface area contributed by atoms with Crippen molar-refractivity contribution in [3.8, 4) is 0 Å². The van der Waals surface area contributed by atoms with E-state index in [2.05, 4.69) is 0 Å². The molecule has 0 spiro atoms. The molecule has 1 saturated heterocycles. The van der Waals surface area contributed by atoms with E-state index in [0.717, 1.165) is 11.3 Å². The number of hydrogen-bond donors (Lipinski definition) is 0. The fourth-order valence-corrected chi connectivity index (χ4v) is 3.61. The molecule has 0 bridgehead atoms. The van der Waals surface area contributed by atoms with Crippen LogP contribution in [0, 0.1) is 5.82 Å². The number of carbonyl (C=O) groups excluding carboxylic acids is 1. The van der Waals surface area contributed by atoms with Crippen LogP contribution in [0.25, 0.3) is 6.08 Å². The molecule has 24 heavy (non-hydrogen) atoms. The zero-order valence-electron chi connectivity index (χ0n) is 13.2. The van der Waals surface area contributed by atoms with Crippen LogP contribution in [-0.4, -0.2) is 24.3 Å². The lowest BCUT2D eigenvalue weighted by molar-refractivity contribution is -0.113. The molecule has 0 saturated carbocycles. The average molecular weight is 358 g/mol.